The molecule has 524 valence electrons. The molecular weight excluding hydrogens is 1220 g/mol. The van der Waals surface area contributed by atoms with Crippen molar-refractivity contribution in [1.29, 1.82) is 0 Å². The van der Waals surface area contributed by atoms with Crippen molar-refractivity contribution in [2.75, 3.05) is 19.8 Å². The molecular formula is C63H98O29. The summed E-state index contributed by atoms with van der Waals surface area (Å²) in [5.41, 5.74) is -5.59. The Labute approximate surface area is 533 Å². The molecule has 8 fully saturated rings. The van der Waals surface area contributed by atoms with Crippen LogP contribution in [-0.2, 0) is 71.3 Å². The van der Waals surface area contributed by atoms with Gasteiger partial charge in [-0.3, -0.25) is 9.59 Å². The van der Waals surface area contributed by atoms with Crippen LogP contribution in [0.15, 0.2) is 23.3 Å². The number of rotatable bonds is 16. The number of hydrogen-bond donors (Lipinski definition) is 14. The van der Waals surface area contributed by atoms with Crippen LogP contribution in [0.4, 0.5) is 0 Å². The Morgan fingerprint density at radius 3 is 1.67 bits per heavy atom. The van der Waals surface area contributed by atoms with Crippen LogP contribution < -0.4 is 0 Å². The lowest BCUT2D eigenvalue weighted by molar-refractivity contribution is -0.396. The Morgan fingerprint density at radius 1 is 0.587 bits per heavy atom. The summed E-state index contributed by atoms with van der Waals surface area (Å²) >= 11 is 0. The summed E-state index contributed by atoms with van der Waals surface area (Å²) in [6, 6.07) is 0. The Morgan fingerprint density at radius 2 is 1.14 bits per heavy atom. The van der Waals surface area contributed by atoms with Gasteiger partial charge in [-0.1, -0.05) is 66.2 Å². The molecule has 0 aromatic rings. The highest BCUT2D eigenvalue weighted by Crippen LogP contribution is 2.76. The van der Waals surface area contributed by atoms with Gasteiger partial charge in [0.1, 0.15) is 85.5 Å². The number of aliphatic hydroxyl groups is 13. The molecule has 4 heterocycles. The first-order valence-electron chi connectivity index (χ1n) is 31.9. The fourth-order valence-electron chi connectivity index (χ4n) is 18.1. The normalized spacial score (nSPS) is 49.9. The van der Waals surface area contributed by atoms with Crippen LogP contribution in [0, 0.1) is 50.2 Å². The molecule has 0 amide bonds. The molecule has 4 aliphatic heterocycles. The standard InChI is InChI=1S/C63H98O29/c1-13-24(2)53(81)91-51-50(92-56-42(76)45(84-27(5)68)43(25(3)82-56)83-26(4)67)58(6,7)20-29-28-14-15-33-60(10)18-17-34(59(8,9)32(60)16-19-61(33,11)62(28,12)48(77)49(78)63(29,51)23-66)87-57-47(90-55-40(74)38(72)36(70)31(22-65)86-55)44(41(75)46(89-57)52(79)80)88-54-39(73)37(71)35(69)30(21-64)85-54/h13-14,25,29-51,54-57,64-66,69-78H,15-23H2,1-12H3,(H,79,80)/b24-13-/t25-,29-,30+,31+,32-,33+,34-,35-,36+,37-,38-,39+,40+,41-,42+,43-,44-,45-,46-,47+,48-,49+,50-,51-,54-,55-,56-,57+,60-,61+,62-,63-/m0/s1. The highest BCUT2D eigenvalue weighted by atomic mass is 16.8. The Hall–Kier alpha value is -3.48. The Balaban J connectivity index is 1.05. The average Bonchev–Trinajstić information content (AvgIpc) is 0.663. The molecule has 0 spiro atoms. The number of carboxylic acids is 1. The maximum atomic E-state index is 14.2. The Kier molecular flexibility index (Phi) is 21.2. The topological polar surface area (TPSA) is 453 Å². The quantitative estimate of drug-likeness (QED) is 0.0264. The minimum absolute atomic E-state index is 0.160. The van der Waals surface area contributed by atoms with E-state index in [1.165, 1.54) is 19.9 Å². The number of aliphatic hydroxyl groups excluding tert-OH is 13. The van der Waals surface area contributed by atoms with Gasteiger partial charge in [0.25, 0.3) is 0 Å². The van der Waals surface area contributed by atoms with Crippen molar-refractivity contribution < 1.29 is 143 Å². The minimum Gasteiger partial charge on any atom is -0.479 e. The molecule has 32 atom stereocenters. The summed E-state index contributed by atoms with van der Waals surface area (Å²) in [7, 11) is 0. The number of hydrogen-bond acceptors (Lipinski definition) is 28. The van der Waals surface area contributed by atoms with Gasteiger partial charge in [0.2, 0.25) is 0 Å². The molecule has 0 aromatic carbocycles. The average molecular weight is 1320 g/mol. The van der Waals surface area contributed by atoms with Gasteiger partial charge < -0.3 is 124 Å². The molecule has 0 bridgehead atoms. The van der Waals surface area contributed by atoms with Crippen molar-refractivity contribution >= 4 is 23.9 Å². The third-order valence-corrected chi connectivity index (χ3v) is 23.4. The second-order valence-corrected chi connectivity index (χ2v) is 29.1. The first-order valence-corrected chi connectivity index (χ1v) is 31.9. The number of esters is 3. The van der Waals surface area contributed by atoms with Crippen molar-refractivity contribution in [2.45, 2.75) is 275 Å². The van der Waals surface area contributed by atoms with Crippen LogP contribution in [0.3, 0.4) is 0 Å². The number of fused-ring (bicyclic) bond motifs is 7. The fourth-order valence-corrected chi connectivity index (χ4v) is 18.1. The smallest absolute Gasteiger partial charge is 0.335 e. The number of ether oxygens (including phenoxy) is 11. The third-order valence-electron chi connectivity index (χ3n) is 23.4. The first kappa shape index (κ1) is 72.8. The summed E-state index contributed by atoms with van der Waals surface area (Å²) in [6.07, 6.45) is -37.6. The Bertz CT molecular complexity index is 2740. The largest absolute Gasteiger partial charge is 0.479 e. The van der Waals surface area contributed by atoms with Crippen LogP contribution in [0.25, 0.3) is 0 Å². The summed E-state index contributed by atoms with van der Waals surface area (Å²) in [4.78, 5) is 51.9. The van der Waals surface area contributed by atoms with E-state index in [1.54, 1.807) is 6.92 Å². The van der Waals surface area contributed by atoms with E-state index in [4.69, 9.17) is 52.1 Å². The molecule has 5 aliphatic carbocycles. The van der Waals surface area contributed by atoms with E-state index in [-0.39, 0.29) is 30.3 Å². The lowest BCUT2D eigenvalue weighted by Gasteiger charge is -2.73. The van der Waals surface area contributed by atoms with Gasteiger partial charge in [-0.2, -0.15) is 0 Å². The number of carbonyl (C=O) groups excluding carboxylic acids is 3. The monoisotopic (exact) mass is 1320 g/mol. The predicted octanol–water partition coefficient (Wildman–Crippen LogP) is -1.90. The van der Waals surface area contributed by atoms with Gasteiger partial charge >= 0.3 is 23.9 Å². The molecule has 29 nitrogen and oxygen atoms in total. The molecule has 4 saturated carbocycles. The fraction of sp³-hybridized carbons (Fsp3) is 0.873. The number of aliphatic carboxylic acids is 1. The molecule has 92 heavy (non-hydrogen) atoms. The molecule has 29 heteroatoms. The highest BCUT2D eigenvalue weighted by Gasteiger charge is 2.77. The lowest BCUT2D eigenvalue weighted by atomic mass is 9.32. The SMILES string of the molecule is C/C=C(/C)C(=O)O[C@H]1[C@H](O[C@@H]2O[C@@H](C)[C@H](OC(C)=O)[C@@H](OC(C)=O)[C@H]2O)C(C)(C)C[C@H]2C3=CC[C@@H]4[C@@]5(C)CC[C@H](O[C@@H]6O[C@H](C(=O)O)[C@@H](O)[C@H](O[C@@H]7O[C@H](CO)[C@H](O)[C@H](O)[C@H]7O)[C@H]6O[C@@H]6O[C@H](CO)[C@@H](O)[C@H](O)[C@H]6O)C(C)(C)[C@@H]5CC[C@@]4(C)[C@]3(C)[C@@H](O)[C@@H](O)[C@]21CO. The third kappa shape index (κ3) is 11.9. The van der Waals surface area contributed by atoms with Gasteiger partial charge in [0.15, 0.2) is 43.5 Å². The second-order valence-electron chi connectivity index (χ2n) is 29.1. The van der Waals surface area contributed by atoms with Crippen LogP contribution in [0.5, 0.6) is 0 Å². The maximum absolute atomic E-state index is 14.2. The second kappa shape index (κ2) is 26.7. The molecule has 0 radical (unpaired) electrons. The van der Waals surface area contributed by atoms with Crippen molar-refractivity contribution in [3.8, 4) is 0 Å². The number of carbonyl (C=O) groups is 4. The van der Waals surface area contributed by atoms with Gasteiger partial charge in [-0.25, -0.2) is 9.59 Å². The maximum Gasteiger partial charge on any atom is 0.335 e. The minimum atomic E-state index is -2.23. The molecule has 14 N–H and O–H groups in total. The first-order chi connectivity index (χ1) is 42.9. The summed E-state index contributed by atoms with van der Waals surface area (Å²) in [5, 5.41) is 158. The van der Waals surface area contributed by atoms with Gasteiger partial charge in [-0.05, 0) is 98.7 Å². The predicted molar refractivity (Wildman–Crippen MR) is 310 cm³/mol. The molecule has 4 saturated heterocycles. The van der Waals surface area contributed by atoms with E-state index >= 15 is 0 Å². The zero-order chi connectivity index (χ0) is 68.2. The van der Waals surface area contributed by atoms with Crippen molar-refractivity contribution in [3.05, 3.63) is 23.3 Å². The lowest BCUT2D eigenvalue weighted by Crippen LogP contribution is -2.77. The zero-order valence-corrected chi connectivity index (χ0v) is 54.1. The highest BCUT2D eigenvalue weighted by molar-refractivity contribution is 5.87. The van der Waals surface area contributed by atoms with E-state index in [1.807, 2.05) is 34.6 Å². The number of allylic oxidation sites excluding steroid dienone is 2. The van der Waals surface area contributed by atoms with Crippen LogP contribution in [0.2, 0.25) is 0 Å². The van der Waals surface area contributed by atoms with E-state index in [9.17, 15) is 90.7 Å². The molecule has 0 aromatic heterocycles. The van der Waals surface area contributed by atoms with Crippen molar-refractivity contribution in [3.63, 3.8) is 0 Å². The van der Waals surface area contributed by atoms with E-state index in [2.05, 4.69) is 19.9 Å². The summed E-state index contributed by atoms with van der Waals surface area (Å²) < 4.78 is 67.0. The number of carboxylic acid groups (broad SMARTS) is 1. The van der Waals surface area contributed by atoms with Crippen LogP contribution in [0.1, 0.15) is 122 Å². The zero-order valence-electron chi connectivity index (χ0n) is 54.1. The van der Waals surface area contributed by atoms with E-state index < -0.39 is 235 Å². The summed E-state index contributed by atoms with van der Waals surface area (Å²) in [5.74, 6) is -5.35. The van der Waals surface area contributed by atoms with Crippen molar-refractivity contribution in [2.24, 2.45) is 50.2 Å². The summed E-state index contributed by atoms with van der Waals surface area (Å²) in [6.45, 7) is 18.2. The van der Waals surface area contributed by atoms with E-state index in [0.717, 1.165) is 19.4 Å². The van der Waals surface area contributed by atoms with Crippen LogP contribution in [-0.4, -0.2) is 269 Å². The van der Waals surface area contributed by atoms with Gasteiger partial charge in [-0.15, -0.1) is 0 Å². The van der Waals surface area contributed by atoms with Gasteiger partial charge in [0.05, 0.1) is 49.7 Å². The molecule has 9 aliphatic rings. The van der Waals surface area contributed by atoms with Gasteiger partial charge in [0, 0.05) is 24.8 Å². The van der Waals surface area contributed by atoms with Crippen molar-refractivity contribution in [1.82, 2.24) is 0 Å². The molecule has 9 rings (SSSR count). The molecule has 0 unspecified atom stereocenters. The van der Waals surface area contributed by atoms with Crippen LogP contribution >= 0.6 is 0 Å². The van der Waals surface area contributed by atoms with E-state index in [0.29, 0.717) is 25.7 Å².